The predicted molar refractivity (Wildman–Crippen MR) is 102 cm³/mol. The number of imidazole rings is 1. The molecule has 0 fully saturated rings. The third kappa shape index (κ3) is 4.51. The van der Waals surface area contributed by atoms with Crippen LogP contribution in [0.1, 0.15) is 5.69 Å². The summed E-state index contributed by atoms with van der Waals surface area (Å²) in [6, 6.07) is 11.0. The SMILES string of the molecule is CN(CC(=O)Nc1cccc(F)c1)C(=O)/C=C/c1c(Cl)nc2ccccn12. The van der Waals surface area contributed by atoms with Gasteiger partial charge in [-0.1, -0.05) is 23.7 Å². The lowest BCUT2D eigenvalue weighted by molar-refractivity contribution is -0.129. The summed E-state index contributed by atoms with van der Waals surface area (Å²) < 4.78 is 14.9. The Morgan fingerprint density at radius 2 is 2.11 bits per heavy atom. The lowest BCUT2D eigenvalue weighted by Gasteiger charge is -2.14. The first kappa shape index (κ1) is 18.6. The Morgan fingerprint density at radius 3 is 2.89 bits per heavy atom. The predicted octanol–water partition coefficient (Wildman–Crippen LogP) is 3.24. The van der Waals surface area contributed by atoms with Gasteiger partial charge in [-0.25, -0.2) is 9.37 Å². The molecule has 0 radical (unpaired) electrons. The van der Waals surface area contributed by atoms with Gasteiger partial charge in [0.1, 0.15) is 11.5 Å². The van der Waals surface area contributed by atoms with Crippen LogP contribution in [0.25, 0.3) is 11.7 Å². The molecule has 8 heteroatoms. The highest BCUT2D eigenvalue weighted by atomic mass is 35.5. The number of fused-ring (bicyclic) bond motifs is 1. The first-order valence-corrected chi connectivity index (χ1v) is 8.43. The quantitative estimate of drug-likeness (QED) is 0.684. The Morgan fingerprint density at radius 1 is 1.30 bits per heavy atom. The van der Waals surface area contributed by atoms with Crippen molar-refractivity contribution in [3.05, 3.63) is 71.4 Å². The van der Waals surface area contributed by atoms with Gasteiger partial charge < -0.3 is 10.2 Å². The van der Waals surface area contributed by atoms with Crippen LogP contribution in [0.2, 0.25) is 5.15 Å². The second-order valence-corrected chi connectivity index (χ2v) is 6.16. The van der Waals surface area contributed by atoms with E-state index in [1.54, 1.807) is 28.8 Å². The number of anilines is 1. The van der Waals surface area contributed by atoms with E-state index in [2.05, 4.69) is 10.3 Å². The number of halogens is 2. The van der Waals surface area contributed by atoms with E-state index in [1.165, 1.54) is 36.2 Å². The van der Waals surface area contributed by atoms with Crippen LogP contribution in [-0.2, 0) is 9.59 Å². The van der Waals surface area contributed by atoms with Crippen molar-refractivity contribution in [3.63, 3.8) is 0 Å². The second-order valence-electron chi connectivity index (χ2n) is 5.80. The van der Waals surface area contributed by atoms with Crippen LogP contribution in [0.4, 0.5) is 10.1 Å². The molecule has 0 aliphatic carbocycles. The minimum absolute atomic E-state index is 0.180. The van der Waals surface area contributed by atoms with Gasteiger partial charge in [-0.2, -0.15) is 0 Å². The zero-order valence-electron chi connectivity index (χ0n) is 14.4. The third-order valence-electron chi connectivity index (χ3n) is 3.77. The molecule has 0 bridgehead atoms. The zero-order valence-corrected chi connectivity index (χ0v) is 15.2. The summed E-state index contributed by atoms with van der Waals surface area (Å²) in [5, 5.41) is 2.81. The number of nitrogens with one attached hydrogen (secondary N) is 1. The molecule has 2 aromatic heterocycles. The lowest BCUT2D eigenvalue weighted by Crippen LogP contribution is -2.33. The number of likely N-dealkylation sites (N-methyl/N-ethyl adjacent to an activating group) is 1. The van der Waals surface area contributed by atoms with E-state index in [4.69, 9.17) is 11.6 Å². The van der Waals surface area contributed by atoms with E-state index in [-0.39, 0.29) is 17.6 Å². The van der Waals surface area contributed by atoms with Crippen molar-refractivity contribution in [1.82, 2.24) is 14.3 Å². The van der Waals surface area contributed by atoms with Gasteiger partial charge in [0.15, 0.2) is 5.15 Å². The lowest BCUT2D eigenvalue weighted by atomic mass is 10.3. The van der Waals surface area contributed by atoms with Crippen molar-refractivity contribution >= 4 is 40.8 Å². The number of amides is 2. The topological polar surface area (TPSA) is 66.7 Å². The molecule has 27 heavy (non-hydrogen) atoms. The number of hydrogen-bond acceptors (Lipinski definition) is 3. The van der Waals surface area contributed by atoms with E-state index in [0.29, 0.717) is 17.0 Å². The van der Waals surface area contributed by atoms with Crippen LogP contribution in [0.5, 0.6) is 0 Å². The van der Waals surface area contributed by atoms with Crippen LogP contribution in [-0.4, -0.2) is 39.7 Å². The van der Waals surface area contributed by atoms with Crippen molar-refractivity contribution in [1.29, 1.82) is 0 Å². The zero-order chi connectivity index (χ0) is 19.4. The molecule has 3 rings (SSSR count). The summed E-state index contributed by atoms with van der Waals surface area (Å²) in [4.78, 5) is 29.7. The van der Waals surface area contributed by atoms with Crippen LogP contribution >= 0.6 is 11.6 Å². The molecule has 2 heterocycles. The molecule has 0 spiro atoms. The molecule has 0 saturated heterocycles. The number of aromatic nitrogens is 2. The van der Waals surface area contributed by atoms with E-state index in [1.807, 2.05) is 12.1 Å². The van der Waals surface area contributed by atoms with Crippen LogP contribution in [0, 0.1) is 5.82 Å². The molecule has 0 saturated carbocycles. The molecule has 6 nitrogen and oxygen atoms in total. The van der Waals surface area contributed by atoms with Gasteiger partial charge in [-0.15, -0.1) is 0 Å². The number of carbonyl (C=O) groups excluding carboxylic acids is 2. The Balaban J connectivity index is 1.64. The summed E-state index contributed by atoms with van der Waals surface area (Å²) in [6.45, 7) is -0.180. The molecule has 1 N–H and O–H groups in total. The number of benzene rings is 1. The normalized spacial score (nSPS) is 11.1. The average molecular weight is 387 g/mol. The van der Waals surface area contributed by atoms with E-state index < -0.39 is 11.7 Å². The average Bonchev–Trinajstić information content (AvgIpc) is 2.94. The summed E-state index contributed by atoms with van der Waals surface area (Å²) in [5.41, 5.74) is 1.56. The second kappa shape index (κ2) is 8.01. The molecule has 2 amide bonds. The fourth-order valence-corrected chi connectivity index (χ4v) is 2.71. The van der Waals surface area contributed by atoms with Crippen molar-refractivity contribution in [2.45, 2.75) is 0 Å². The Kier molecular flexibility index (Phi) is 5.52. The maximum absolute atomic E-state index is 13.1. The summed E-state index contributed by atoms with van der Waals surface area (Å²) in [7, 11) is 1.49. The minimum atomic E-state index is -0.454. The Bertz CT molecular complexity index is 1030. The summed E-state index contributed by atoms with van der Waals surface area (Å²) in [5.74, 6) is -1.27. The van der Waals surface area contributed by atoms with E-state index in [9.17, 15) is 14.0 Å². The number of pyridine rings is 1. The van der Waals surface area contributed by atoms with Gasteiger partial charge in [-0.3, -0.25) is 14.0 Å². The van der Waals surface area contributed by atoms with Crippen molar-refractivity contribution in [3.8, 4) is 0 Å². The van der Waals surface area contributed by atoms with Crippen LogP contribution in [0.15, 0.2) is 54.7 Å². The number of nitrogens with zero attached hydrogens (tertiary/aromatic N) is 3. The Hall–Kier alpha value is -3.19. The molecule has 0 unspecified atom stereocenters. The van der Waals surface area contributed by atoms with Gasteiger partial charge >= 0.3 is 0 Å². The summed E-state index contributed by atoms with van der Waals surface area (Å²) >= 11 is 6.12. The summed E-state index contributed by atoms with van der Waals surface area (Å²) in [6.07, 6.45) is 4.65. The molecular formula is C19H16ClFN4O2. The fourth-order valence-electron chi connectivity index (χ4n) is 2.47. The minimum Gasteiger partial charge on any atom is -0.333 e. The number of carbonyl (C=O) groups is 2. The Labute approximate surface area is 159 Å². The van der Waals surface area contributed by atoms with Crippen LogP contribution < -0.4 is 5.32 Å². The standard InChI is InChI=1S/C19H16ClFN4O2/c1-24(12-17(26)22-14-6-4-5-13(21)11-14)18(27)9-8-15-19(20)23-16-7-2-3-10-25(15)16/h2-11H,12H2,1H3,(H,22,26)/b9-8+. The van der Waals surface area contributed by atoms with Gasteiger partial charge in [0, 0.05) is 25.0 Å². The molecule has 0 aliphatic heterocycles. The maximum Gasteiger partial charge on any atom is 0.246 e. The fraction of sp³-hybridized carbons (Fsp3) is 0.105. The van der Waals surface area contributed by atoms with E-state index >= 15 is 0 Å². The number of hydrogen-bond donors (Lipinski definition) is 1. The van der Waals surface area contributed by atoms with Crippen LogP contribution in [0.3, 0.4) is 0 Å². The molecule has 3 aromatic rings. The smallest absolute Gasteiger partial charge is 0.246 e. The molecule has 1 aromatic carbocycles. The molecular weight excluding hydrogens is 371 g/mol. The highest BCUT2D eigenvalue weighted by Gasteiger charge is 2.12. The third-order valence-corrected chi connectivity index (χ3v) is 4.05. The van der Waals surface area contributed by atoms with Gasteiger partial charge in [0.05, 0.1) is 12.2 Å². The van der Waals surface area contributed by atoms with Gasteiger partial charge in [0.25, 0.3) is 0 Å². The molecule has 138 valence electrons. The highest BCUT2D eigenvalue weighted by molar-refractivity contribution is 6.31. The van der Waals surface area contributed by atoms with Crippen molar-refractivity contribution < 1.29 is 14.0 Å². The monoisotopic (exact) mass is 386 g/mol. The van der Waals surface area contributed by atoms with Crippen molar-refractivity contribution in [2.24, 2.45) is 0 Å². The maximum atomic E-state index is 13.1. The molecule has 0 atom stereocenters. The van der Waals surface area contributed by atoms with Crippen molar-refractivity contribution in [2.75, 3.05) is 18.9 Å². The molecule has 0 aliphatic rings. The van der Waals surface area contributed by atoms with Gasteiger partial charge in [-0.05, 0) is 36.4 Å². The van der Waals surface area contributed by atoms with E-state index in [0.717, 1.165) is 0 Å². The first-order chi connectivity index (χ1) is 12.9. The highest BCUT2D eigenvalue weighted by Crippen LogP contribution is 2.19. The first-order valence-electron chi connectivity index (χ1n) is 8.05. The number of rotatable bonds is 5. The largest absolute Gasteiger partial charge is 0.333 e. The van der Waals surface area contributed by atoms with Gasteiger partial charge in [0.2, 0.25) is 11.8 Å².